The van der Waals surface area contributed by atoms with Crippen molar-refractivity contribution in [3.63, 3.8) is 0 Å². The summed E-state index contributed by atoms with van der Waals surface area (Å²) in [6.07, 6.45) is 6.11. The van der Waals surface area contributed by atoms with Crippen LogP contribution >= 0.6 is 0 Å². The summed E-state index contributed by atoms with van der Waals surface area (Å²) in [6.45, 7) is 4.81. The van der Waals surface area contributed by atoms with Gasteiger partial charge in [0.05, 0.1) is 6.10 Å². The summed E-state index contributed by atoms with van der Waals surface area (Å²) >= 11 is 0. The van der Waals surface area contributed by atoms with Gasteiger partial charge in [0, 0.05) is 24.7 Å². The minimum absolute atomic E-state index is 0.398. The van der Waals surface area contributed by atoms with Crippen molar-refractivity contribution in [1.29, 1.82) is 0 Å². The molecule has 6 nitrogen and oxygen atoms in total. The Kier molecular flexibility index (Phi) is 9.62. The monoisotopic (exact) mass is 363 g/mol. The molecule has 1 aliphatic carbocycles. The van der Waals surface area contributed by atoms with Gasteiger partial charge in [-0.25, -0.2) is 9.59 Å². The number of aliphatic hydroxyl groups is 1. The first-order chi connectivity index (χ1) is 12.3. The van der Waals surface area contributed by atoms with Crippen molar-refractivity contribution in [2.24, 2.45) is 0 Å². The summed E-state index contributed by atoms with van der Waals surface area (Å²) < 4.78 is 0. The average molecular weight is 363 g/mol. The number of carboxylic acids is 2. The maximum absolute atomic E-state index is 10.1. The molecule has 1 aromatic rings. The maximum atomic E-state index is 10.1. The smallest absolute Gasteiger partial charge is 0.328 e. The molecule has 4 N–H and O–H groups in total. The summed E-state index contributed by atoms with van der Waals surface area (Å²) in [5.41, 5.74) is 2.46. The molecule has 1 atom stereocenters. The third kappa shape index (κ3) is 8.78. The van der Waals surface area contributed by atoms with Crippen LogP contribution in [-0.4, -0.2) is 39.8 Å². The summed E-state index contributed by atoms with van der Waals surface area (Å²) in [5.74, 6) is -1.76. The Morgan fingerprint density at radius 2 is 1.58 bits per heavy atom. The lowest BCUT2D eigenvalue weighted by atomic mass is 9.96. The molecule has 0 spiro atoms. The predicted octanol–water partition coefficient (Wildman–Crippen LogP) is 3.09. The lowest BCUT2D eigenvalue weighted by Crippen LogP contribution is -2.27. The van der Waals surface area contributed by atoms with Crippen LogP contribution in [0.25, 0.3) is 0 Å². The number of aliphatic carboxylic acids is 2. The Morgan fingerprint density at radius 1 is 1.08 bits per heavy atom. The molecule has 0 aliphatic heterocycles. The van der Waals surface area contributed by atoms with E-state index in [0.29, 0.717) is 24.7 Å². The molecule has 144 valence electrons. The first-order valence-electron chi connectivity index (χ1n) is 8.94. The molecule has 0 heterocycles. The van der Waals surface area contributed by atoms with E-state index in [1.807, 2.05) is 0 Å². The molecule has 1 saturated carbocycles. The number of benzene rings is 1. The van der Waals surface area contributed by atoms with Crippen LogP contribution in [0.3, 0.4) is 0 Å². The van der Waals surface area contributed by atoms with Crippen molar-refractivity contribution < 1.29 is 24.9 Å². The molecule has 1 fully saturated rings. The lowest BCUT2D eigenvalue weighted by molar-refractivity contribution is -0.134. The highest BCUT2D eigenvalue weighted by atomic mass is 16.4. The van der Waals surface area contributed by atoms with E-state index >= 15 is 0 Å². The van der Waals surface area contributed by atoms with Gasteiger partial charge in [-0.2, -0.15) is 0 Å². The molecular weight excluding hydrogens is 334 g/mol. The van der Waals surface area contributed by atoms with Gasteiger partial charge in [-0.1, -0.05) is 51.0 Å². The average Bonchev–Trinajstić information content (AvgIpc) is 3.13. The van der Waals surface area contributed by atoms with Crippen LogP contribution in [0.2, 0.25) is 0 Å². The second-order valence-corrected chi connectivity index (χ2v) is 6.74. The van der Waals surface area contributed by atoms with E-state index in [1.165, 1.54) is 31.2 Å². The normalized spacial score (nSPS) is 15.7. The summed E-state index contributed by atoms with van der Waals surface area (Å²) in [7, 11) is 0. The minimum atomic E-state index is -1.26. The zero-order valence-electron chi connectivity index (χ0n) is 15.4. The van der Waals surface area contributed by atoms with Crippen LogP contribution in [0.15, 0.2) is 36.4 Å². The van der Waals surface area contributed by atoms with Gasteiger partial charge in [0.25, 0.3) is 0 Å². The van der Waals surface area contributed by atoms with Gasteiger partial charge in [0.2, 0.25) is 0 Å². The van der Waals surface area contributed by atoms with Crippen molar-refractivity contribution in [3.8, 4) is 0 Å². The zero-order chi connectivity index (χ0) is 19.5. The van der Waals surface area contributed by atoms with Crippen LogP contribution in [0.1, 0.15) is 62.7 Å². The van der Waals surface area contributed by atoms with Crippen molar-refractivity contribution >= 4 is 11.9 Å². The zero-order valence-corrected chi connectivity index (χ0v) is 15.4. The van der Waals surface area contributed by atoms with Crippen LogP contribution in [0, 0.1) is 0 Å². The van der Waals surface area contributed by atoms with Crippen molar-refractivity contribution in [1.82, 2.24) is 5.32 Å². The molecule has 0 bridgehead atoms. The number of rotatable bonds is 7. The molecule has 0 radical (unpaired) electrons. The fraction of sp³-hybridized carbons (Fsp3) is 0.500. The number of carboxylic acid groups (broad SMARTS) is 2. The van der Waals surface area contributed by atoms with E-state index in [0.717, 1.165) is 11.5 Å². The highest BCUT2D eigenvalue weighted by molar-refractivity contribution is 5.89. The third-order valence-corrected chi connectivity index (χ3v) is 4.24. The van der Waals surface area contributed by atoms with Gasteiger partial charge >= 0.3 is 11.9 Å². The predicted molar refractivity (Wildman–Crippen MR) is 100 cm³/mol. The van der Waals surface area contributed by atoms with Crippen LogP contribution in [0.4, 0.5) is 0 Å². The molecule has 6 heteroatoms. The van der Waals surface area contributed by atoms with Gasteiger partial charge in [-0.05, 0) is 29.9 Å². The van der Waals surface area contributed by atoms with Crippen LogP contribution < -0.4 is 5.32 Å². The summed E-state index contributed by atoms with van der Waals surface area (Å²) in [5, 5.41) is 29.0. The Morgan fingerprint density at radius 3 is 2.00 bits per heavy atom. The number of nitrogens with one attached hydrogen (secondary N) is 1. The highest BCUT2D eigenvalue weighted by Crippen LogP contribution is 2.34. The van der Waals surface area contributed by atoms with Crippen molar-refractivity contribution in [2.75, 3.05) is 6.54 Å². The first-order valence-corrected chi connectivity index (χ1v) is 8.94. The molecule has 1 aliphatic rings. The first kappa shape index (κ1) is 21.9. The van der Waals surface area contributed by atoms with Gasteiger partial charge in [0.15, 0.2) is 0 Å². The van der Waals surface area contributed by atoms with Crippen molar-refractivity contribution in [2.45, 2.75) is 57.6 Å². The fourth-order valence-corrected chi connectivity index (χ4v) is 2.86. The van der Waals surface area contributed by atoms with E-state index < -0.39 is 18.0 Å². The minimum Gasteiger partial charge on any atom is -0.478 e. The second-order valence-electron chi connectivity index (χ2n) is 6.74. The molecule has 0 aromatic heterocycles. The Labute approximate surface area is 154 Å². The topological polar surface area (TPSA) is 107 Å². The molecule has 2 rings (SSSR count). The highest BCUT2D eigenvalue weighted by Gasteiger charge is 2.17. The summed E-state index contributed by atoms with van der Waals surface area (Å²) in [4.78, 5) is 19.1. The van der Waals surface area contributed by atoms with Gasteiger partial charge < -0.3 is 20.6 Å². The van der Waals surface area contributed by atoms with E-state index in [9.17, 15) is 14.7 Å². The third-order valence-electron chi connectivity index (χ3n) is 4.24. The largest absolute Gasteiger partial charge is 0.478 e. The second kappa shape index (κ2) is 11.4. The lowest BCUT2D eigenvalue weighted by Gasteiger charge is -2.16. The number of hydrogen-bond acceptors (Lipinski definition) is 4. The molecule has 1 unspecified atom stereocenters. The Balaban J connectivity index is 0.000000359. The molecule has 0 saturated heterocycles. The molecular formula is C20H29NO5. The van der Waals surface area contributed by atoms with Gasteiger partial charge in [-0.15, -0.1) is 0 Å². The Bertz CT molecular complexity index is 573. The fourth-order valence-electron chi connectivity index (χ4n) is 2.86. The van der Waals surface area contributed by atoms with Gasteiger partial charge in [-0.3, -0.25) is 0 Å². The number of hydrogen-bond donors (Lipinski definition) is 4. The quantitative estimate of drug-likeness (QED) is 0.555. The molecule has 26 heavy (non-hydrogen) atoms. The number of carbonyl (C=O) groups is 2. The molecule has 0 amide bonds. The van der Waals surface area contributed by atoms with E-state index in [4.69, 9.17) is 10.2 Å². The summed E-state index contributed by atoms with van der Waals surface area (Å²) in [6, 6.07) is 8.98. The van der Waals surface area contributed by atoms with E-state index in [2.05, 4.69) is 43.4 Å². The van der Waals surface area contributed by atoms with Gasteiger partial charge in [0.1, 0.15) is 0 Å². The Hall–Kier alpha value is -2.18. The maximum Gasteiger partial charge on any atom is 0.328 e. The molecule has 1 aromatic carbocycles. The number of aliphatic hydroxyl groups excluding tert-OH is 1. The SMILES string of the molecule is CC(C)NCC(O)c1ccc(C2CCCC2)cc1.O=C(O)C=CC(=O)O. The van der Waals surface area contributed by atoms with E-state index in [1.54, 1.807) is 0 Å². The van der Waals surface area contributed by atoms with Crippen LogP contribution in [-0.2, 0) is 9.59 Å². The van der Waals surface area contributed by atoms with E-state index in [-0.39, 0.29) is 0 Å². The van der Waals surface area contributed by atoms with Crippen LogP contribution in [0.5, 0.6) is 0 Å². The van der Waals surface area contributed by atoms with Crippen molar-refractivity contribution in [3.05, 3.63) is 47.5 Å². The standard InChI is InChI=1S/C16H25NO.C4H4O4/c1-12(2)17-11-16(18)15-9-7-14(8-10-15)13-5-3-4-6-13;5-3(6)1-2-4(7)8/h7-10,12-13,16-18H,3-6,11H2,1-2H3;1-2H,(H,5,6)(H,7,8).